The van der Waals surface area contributed by atoms with Gasteiger partial charge in [-0.15, -0.1) is 0 Å². The van der Waals surface area contributed by atoms with Crippen molar-refractivity contribution in [2.24, 2.45) is 0 Å². The predicted octanol–water partition coefficient (Wildman–Crippen LogP) is 2.37. The molecule has 3 rings (SSSR count). The van der Waals surface area contributed by atoms with Crippen molar-refractivity contribution in [2.45, 2.75) is 25.7 Å². The number of methoxy groups -OCH3 is 2. The molecule has 0 unspecified atom stereocenters. The van der Waals surface area contributed by atoms with E-state index in [0.717, 1.165) is 12.0 Å². The van der Waals surface area contributed by atoms with Gasteiger partial charge in [-0.25, -0.2) is 0 Å². The first-order valence-electron chi connectivity index (χ1n) is 8.94. The monoisotopic (exact) mass is 380 g/mol. The third kappa shape index (κ3) is 4.46. The van der Waals surface area contributed by atoms with Crippen molar-refractivity contribution in [3.05, 3.63) is 59.4 Å². The summed E-state index contributed by atoms with van der Waals surface area (Å²) in [6.07, 6.45) is 1.27. The van der Waals surface area contributed by atoms with Crippen LogP contribution < -0.4 is 19.9 Å². The van der Waals surface area contributed by atoms with Gasteiger partial charge in [0.05, 0.1) is 20.1 Å². The van der Waals surface area contributed by atoms with Crippen molar-refractivity contribution in [1.82, 2.24) is 20.6 Å². The highest BCUT2D eigenvalue weighted by atomic mass is 16.5. The molecule has 28 heavy (non-hydrogen) atoms. The average Bonchev–Trinajstić information content (AvgIpc) is 3.26. The number of carbonyl (C=O) groups excluding carboxylic acids is 1. The van der Waals surface area contributed by atoms with E-state index in [4.69, 9.17) is 9.47 Å². The van der Waals surface area contributed by atoms with Crippen LogP contribution in [0.2, 0.25) is 0 Å². The number of rotatable bonds is 8. The number of anilines is 1. The Morgan fingerprint density at radius 3 is 2.54 bits per heavy atom. The van der Waals surface area contributed by atoms with E-state index in [1.807, 2.05) is 36.4 Å². The van der Waals surface area contributed by atoms with Crippen LogP contribution >= 0.6 is 0 Å². The topological polar surface area (TPSA) is 100 Å². The molecule has 0 fully saturated rings. The molecule has 0 radical (unpaired) electrons. The molecule has 1 amide bonds. The molecule has 0 spiro atoms. The Labute approximate surface area is 163 Å². The minimum Gasteiger partial charge on any atom is -0.497 e. The lowest BCUT2D eigenvalue weighted by Crippen LogP contribution is -2.24. The number of nitrogens with zero attached hydrogens (tertiary/aromatic N) is 4. The third-order valence-electron chi connectivity index (χ3n) is 4.51. The van der Waals surface area contributed by atoms with E-state index in [0.29, 0.717) is 23.6 Å². The van der Waals surface area contributed by atoms with Crippen LogP contribution in [0.3, 0.4) is 0 Å². The molecule has 1 heterocycles. The van der Waals surface area contributed by atoms with Gasteiger partial charge in [0.25, 0.3) is 0 Å². The molecule has 8 nitrogen and oxygen atoms in total. The maximum Gasteiger partial charge on any atom is 0.232 e. The molecular formula is C20H22N5O3-. The zero-order valence-electron chi connectivity index (χ0n) is 16.0. The van der Waals surface area contributed by atoms with Crippen molar-refractivity contribution in [2.75, 3.05) is 19.5 Å². The van der Waals surface area contributed by atoms with E-state index in [2.05, 4.69) is 32.9 Å². The number of hydrogen-bond acceptors (Lipinski definition) is 6. The minimum absolute atomic E-state index is 0.239. The van der Waals surface area contributed by atoms with Gasteiger partial charge in [-0.2, -0.15) is 5.21 Å². The molecule has 0 saturated heterocycles. The first-order chi connectivity index (χ1) is 13.6. The summed E-state index contributed by atoms with van der Waals surface area (Å²) in [6.45, 7) is 2.08. The maximum absolute atomic E-state index is 13.0. The highest BCUT2D eigenvalue weighted by Crippen LogP contribution is 2.29. The molecule has 0 aliphatic carbocycles. The van der Waals surface area contributed by atoms with Gasteiger partial charge in [0.1, 0.15) is 11.5 Å². The van der Waals surface area contributed by atoms with Crippen molar-refractivity contribution >= 4 is 11.6 Å². The number of aromatic nitrogens is 4. The van der Waals surface area contributed by atoms with Gasteiger partial charge in [0.2, 0.25) is 5.91 Å². The molecule has 8 heteroatoms. The van der Waals surface area contributed by atoms with Gasteiger partial charge in [0.15, 0.2) is 0 Å². The van der Waals surface area contributed by atoms with Crippen molar-refractivity contribution in [1.29, 1.82) is 0 Å². The Hall–Kier alpha value is -3.42. The summed E-state index contributed by atoms with van der Waals surface area (Å²) in [7, 11) is 3.16. The number of tetrazole rings is 1. The van der Waals surface area contributed by atoms with E-state index in [1.165, 1.54) is 5.56 Å². The van der Waals surface area contributed by atoms with Gasteiger partial charge >= 0.3 is 0 Å². The fourth-order valence-electron chi connectivity index (χ4n) is 2.89. The molecule has 1 aromatic heterocycles. The molecule has 1 N–H and O–H groups in total. The van der Waals surface area contributed by atoms with Gasteiger partial charge < -0.3 is 19.9 Å². The van der Waals surface area contributed by atoms with Crippen LogP contribution in [0.4, 0.5) is 5.69 Å². The summed E-state index contributed by atoms with van der Waals surface area (Å²) in [5.74, 6) is 0.656. The molecule has 0 saturated carbocycles. The number of amides is 1. The number of ether oxygens (including phenoxy) is 2. The van der Waals surface area contributed by atoms with E-state index in [9.17, 15) is 4.79 Å². The van der Waals surface area contributed by atoms with E-state index in [1.54, 1.807) is 20.3 Å². The fourth-order valence-corrected chi connectivity index (χ4v) is 2.89. The van der Waals surface area contributed by atoms with Crippen molar-refractivity contribution < 1.29 is 14.3 Å². The van der Waals surface area contributed by atoms with Gasteiger partial charge in [-0.3, -0.25) is 15.1 Å². The molecule has 0 aliphatic rings. The standard InChI is InChI=1S/C20H23N5O3/c1-4-13-5-8-15(9-6-13)21-20(26)17(19-22-24-25-23-19)11-14-7-10-16(27-2)12-18(14)28-3/h5-10,12,17H,4,11H2,1-3H3,(H2,21,22,23,24,25,26)/p-1/t17-/m0/s1. The average molecular weight is 380 g/mol. The summed E-state index contributed by atoms with van der Waals surface area (Å²) in [5, 5.41) is 17.8. The van der Waals surface area contributed by atoms with Gasteiger partial charge in [-0.05, 0) is 42.2 Å². The van der Waals surface area contributed by atoms with Crippen LogP contribution in [-0.2, 0) is 17.6 Å². The number of aryl methyl sites for hydroxylation is 1. The van der Waals surface area contributed by atoms with Crippen LogP contribution in [0.1, 0.15) is 29.8 Å². The summed E-state index contributed by atoms with van der Waals surface area (Å²) < 4.78 is 10.7. The second-order valence-electron chi connectivity index (χ2n) is 6.21. The van der Waals surface area contributed by atoms with Gasteiger partial charge in [0, 0.05) is 17.6 Å². The van der Waals surface area contributed by atoms with Crippen LogP contribution in [0, 0.1) is 0 Å². The molecule has 1 atom stereocenters. The minimum atomic E-state index is -0.664. The quantitative estimate of drug-likeness (QED) is 0.640. The zero-order valence-corrected chi connectivity index (χ0v) is 16.0. The number of carbonyl (C=O) groups is 1. The SMILES string of the molecule is CCc1ccc(NC(=O)[C@@H](Cc2ccc(OC)cc2OC)c2nnn[n-]2)cc1. The maximum atomic E-state index is 13.0. The second-order valence-corrected chi connectivity index (χ2v) is 6.21. The van der Waals surface area contributed by atoms with Crippen molar-refractivity contribution in [3.63, 3.8) is 0 Å². The lowest BCUT2D eigenvalue weighted by molar-refractivity contribution is -0.117. The largest absolute Gasteiger partial charge is 0.497 e. The Bertz CT molecular complexity index is 910. The van der Waals surface area contributed by atoms with Gasteiger partial charge in [-0.1, -0.05) is 25.1 Å². The summed E-state index contributed by atoms with van der Waals surface area (Å²) in [5.41, 5.74) is 2.74. The molecule has 3 aromatic rings. The Kier molecular flexibility index (Phi) is 6.21. The molecule has 0 aliphatic heterocycles. The molecular weight excluding hydrogens is 358 g/mol. The summed E-state index contributed by atoms with van der Waals surface area (Å²) in [4.78, 5) is 13.0. The van der Waals surface area contributed by atoms with E-state index >= 15 is 0 Å². The smallest absolute Gasteiger partial charge is 0.232 e. The van der Waals surface area contributed by atoms with E-state index < -0.39 is 5.92 Å². The number of nitrogens with one attached hydrogen (secondary N) is 1. The van der Waals surface area contributed by atoms with Crippen LogP contribution in [0.25, 0.3) is 0 Å². The first kappa shape index (κ1) is 19.3. The zero-order chi connectivity index (χ0) is 19.9. The normalized spacial score (nSPS) is 11.7. The summed E-state index contributed by atoms with van der Waals surface area (Å²) >= 11 is 0. The second kappa shape index (κ2) is 8.98. The fraction of sp³-hybridized carbons (Fsp3) is 0.300. The predicted molar refractivity (Wildman–Crippen MR) is 104 cm³/mol. The van der Waals surface area contributed by atoms with Crippen LogP contribution in [0.15, 0.2) is 42.5 Å². The van der Waals surface area contributed by atoms with Crippen LogP contribution in [-0.4, -0.2) is 35.7 Å². The third-order valence-corrected chi connectivity index (χ3v) is 4.51. The Morgan fingerprint density at radius 2 is 1.93 bits per heavy atom. The number of hydrogen-bond donors (Lipinski definition) is 1. The molecule has 0 bridgehead atoms. The lowest BCUT2D eigenvalue weighted by atomic mass is 9.96. The molecule has 2 aromatic carbocycles. The first-order valence-corrected chi connectivity index (χ1v) is 8.94. The Balaban J connectivity index is 1.84. The summed E-state index contributed by atoms with van der Waals surface area (Å²) in [6, 6.07) is 13.2. The Morgan fingerprint density at radius 1 is 1.14 bits per heavy atom. The number of benzene rings is 2. The highest BCUT2D eigenvalue weighted by Gasteiger charge is 2.23. The van der Waals surface area contributed by atoms with Crippen molar-refractivity contribution in [3.8, 4) is 11.5 Å². The highest BCUT2D eigenvalue weighted by molar-refractivity contribution is 5.95. The van der Waals surface area contributed by atoms with Crippen LogP contribution in [0.5, 0.6) is 11.5 Å². The molecule has 146 valence electrons. The lowest BCUT2D eigenvalue weighted by Gasteiger charge is -2.19. The van der Waals surface area contributed by atoms with E-state index in [-0.39, 0.29) is 11.7 Å².